The zero-order valence-electron chi connectivity index (χ0n) is 9.89. The Morgan fingerprint density at radius 1 is 1.39 bits per heavy atom. The number of pyridine rings is 1. The third kappa shape index (κ3) is 2.89. The molecule has 1 unspecified atom stereocenters. The lowest BCUT2D eigenvalue weighted by Crippen LogP contribution is -2.02. The van der Waals surface area contributed by atoms with Crippen molar-refractivity contribution in [2.75, 3.05) is 5.73 Å². The van der Waals surface area contributed by atoms with Crippen molar-refractivity contribution in [3.05, 3.63) is 52.8 Å². The van der Waals surface area contributed by atoms with E-state index < -0.39 is 10.8 Å². The van der Waals surface area contributed by atoms with Crippen LogP contribution in [0, 0.1) is 6.92 Å². The maximum Gasteiger partial charge on any atom is 0.0630 e. The van der Waals surface area contributed by atoms with Crippen LogP contribution in [0.3, 0.4) is 0 Å². The minimum Gasteiger partial charge on any atom is -0.398 e. The molecule has 0 aliphatic heterocycles. The molecular weight excluding hydrogens is 268 g/mol. The number of aryl methyl sites for hydroxylation is 1. The summed E-state index contributed by atoms with van der Waals surface area (Å²) >= 11 is 6.00. The van der Waals surface area contributed by atoms with Crippen LogP contribution in [0.4, 0.5) is 5.69 Å². The van der Waals surface area contributed by atoms with Crippen LogP contribution in [-0.4, -0.2) is 9.19 Å². The second-order valence-electron chi connectivity index (χ2n) is 4.00. The van der Waals surface area contributed by atoms with Gasteiger partial charge in [0.2, 0.25) is 0 Å². The van der Waals surface area contributed by atoms with Crippen LogP contribution >= 0.6 is 11.6 Å². The lowest BCUT2D eigenvalue weighted by atomic mass is 10.2. The molecule has 2 rings (SSSR count). The van der Waals surface area contributed by atoms with E-state index in [-0.39, 0.29) is 0 Å². The van der Waals surface area contributed by atoms with Crippen molar-refractivity contribution < 1.29 is 4.21 Å². The fourth-order valence-electron chi connectivity index (χ4n) is 1.58. The van der Waals surface area contributed by atoms with Gasteiger partial charge in [0, 0.05) is 18.1 Å². The van der Waals surface area contributed by atoms with Gasteiger partial charge in [-0.25, -0.2) is 0 Å². The lowest BCUT2D eigenvalue weighted by Gasteiger charge is -2.08. The van der Waals surface area contributed by atoms with Crippen molar-refractivity contribution >= 4 is 28.1 Å². The Morgan fingerprint density at radius 3 is 2.89 bits per heavy atom. The van der Waals surface area contributed by atoms with Gasteiger partial charge in [0.25, 0.3) is 0 Å². The summed E-state index contributed by atoms with van der Waals surface area (Å²) in [6.45, 7) is 1.94. The van der Waals surface area contributed by atoms with Gasteiger partial charge >= 0.3 is 0 Å². The van der Waals surface area contributed by atoms with Crippen molar-refractivity contribution in [1.82, 2.24) is 4.98 Å². The molecule has 0 aliphatic carbocycles. The molecule has 2 aromatic rings. The molecule has 94 valence electrons. The van der Waals surface area contributed by atoms with Gasteiger partial charge in [0.1, 0.15) is 0 Å². The average Bonchev–Trinajstić information content (AvgIpc) is 2.35. The van der Waals surface area contributed by atoms with Crippen molar-refractivity contribution in [3.63, 3.8) is 0 Å². The van der Waals surface area contributed by atoms with Crippen molar-refractivity contribution in [2.45, 2.75) is 17.6 Å². The predicted octanol–water partition coefficient (Wildman–Crippen LogP) is 2.93. The van der Waals surface area contributed by atoms with E-state index in [1.165, 1.54) is 0 Å². The zero-order valence-corrected chi connectivity index (χ0v) is 11.5. The Kier molecular flexibility index (Phi) is 3.99. The molecule has 2 N–H and O–H groups in total. The summed E-state index contributed by atoms with van der Waals surface area (Å²) in [5.41, 5.74) is 8.24. The average molecular weight is 281 g/mol. The van der Waals surface area contributed by atoms with Crippen LogP contribution in [-0.2, 0) is 16.6 Å². The summed E-state index contributed by atoms with van der Waals surface area (Å²) in [5.74, 6) is 0.342. The van der Waals surface area contributed by atoms with Crippen LogP contribution in [0.15, 0.2) is 41.6 Å². The van der Waals surface area contributed by atoms with E-state index in [0.29, 0.717) is 21.4 Å². The molecule has 1 aromatic heterocycles. The maximum atomic E-state index is 12.3. The molecule has 0 bridgehead atoms. The first-order valence-corrected chi connectivity index (χ1v) is 7.10. The first-order valence-electron chi connectivity index (χ1n) is 5.41. The summed E-state index contributed by atoms with van der Waals surface area (Å²) in [7, 11) is -1.20. The second kappa shape index (κ2) is 5.50. The highest BCUT2D eigenvalue weighted by atomic mass is 35.5. The highest BCUT2D eigenvalue weighted by Crippen LogP contribution is 2.23. The van der Waals surface area contributed by atoms with Crippen molar-refractivity contribution in [2.24, 2.45) is 0 Å². The third-order valence-electron chi connectivity index (χ3n) is 2.56. The number of halogens is 1. The van der Waals surface area contributed by atoms with Gasteiger partial charge in [0.15, 0.2) is 0 Å². The molecule has 0 spiro atoms. The highest BCUT2D eigenvalue weighted by Gasteiger charge is 2.11. The van der Waals surface area contributed by atoms with Gasteiger partial charge < -0.3 is 5.73 Å². The summed E-state index contributed by atoms with van der Waals surface area (Å²) in [6, 6.07) is 7.29. The Bertz CT molecular complexity index is 601. The maximum absolute atomic E-state index is 12.3. The third-order valence-corrected chi connectivity index (χ3v) is 4.32. The van der Waals surface area contributed by atoms with Crippen LogP contribution in [0.1, 0.15) is 11.1 Å². The molecule has 0 saturated heterocycles. The number of rotatable bonds is 3. The Labute approximate surface area is 113 Å². The van der Waals surface area contributed by atoms with E-state index in [4.69, 9.17) is 17.3 Å². The van der Waals surface area contributed by atoms with E-state index in [1.807, 2.05) is 19.1 Å². The summed E-state index contributed by atoms with van der Waals surface area (Å²) in [4.78, 5) is 4.56. The van der Waals surface area contributed by atoms with Crippen LogP contribution in [0.5, 0.6) is 0 Å². The second-order valence-corrected chi connectivity index (χ2v) is 5.82. The molecule has 18 heavy (non-hydrogen) atoms. The van der Waals surface area contributed by atoms with Gasteiger partial charge in [-0.05, 0) is 36.2 Å². The number of nitrogen functional groups attached to an aromatic ring is 1. The molecule has 5 heteroatoms. The van der Waals surface area contributed by atoms with E-state index in [0.717, 1.165) is 11.1 Å². The number of hydrogen-bond donors (Lipinski definition) is 1. The molecule has 0 amide bonds. The Morgan fingerprint density at radius 2 is 2.17 bits per heavy atom. The smallest absolute Gasteiger partial charge is 0.0630 e. The van der Waals surface area contributed by atoms with E-state index >= 15 is 0 Å². The Hall–Kier alpha value is -1.39. The quantitative estimate of drug-likeness (QED) is 0.880. The van der Waals surface area contributed by atoms with Crippen molar-refractivity contribution in [1.29, 1.82) is 0 Å². The standard InChI is InChI=1S/C13H13ClN2OS/c1-9-2-3-12(15)13(6-9)18(17)8-10-4-5-16-7-11(10)14/h2-7H,8,15H2,1H3. The van der Waals surface area contributed by atoms with Gasteiger partial charge in [-0.3, -0.25) is 9.19 Å². The first-order chi connectivity index (χ1) is 8.58. The number of aromatic nitrogens is 1. The topological polar surface area (TPSA) is 56.0 Å². The number of nitrogens with zero attached hydrogens (tertiary/aromatic N) is 1. The fourth-order valence-corrected chi connectivity index (χ4v) is 3.18. The van der Waals surface area contributed by atoms with E-state index in [1.54, 1.807) is 24.5 Å². The molecule has 1 atom stereocenters. The van der Waals surface area contributed by atoms with Gasteiger partial charge in [0.05, 0.1) is 26.5 Å². The summed E-state index contributed by atoms with van der Waals surface area (Å²) in [6.07, 6.45) is 3.19. The molecule has 1 aromatic carbocycles. The SMILES string of the molecule is Cc1ccc(N)c(S(=O)Cc2ccncc2Cl)c1. The Balaban J connectivity index is 2.28. The number of benzene rings is 1. The zero-order chi connectivity index (χ0) is 13.1. The molecular formula is C13H13ClN2OS. The van der Waals surface area contributed by atoms with E-state index in [9.17, 15) is 4.21 Å². The van der Waals surface area contributed by atoms with Crippen molar-refractivity contribution in [3.8, 4) is 0 Å². The fraction of sp³-hybridized carbons (Fsp3) is 0.154. The highest BCUT2D eigenvalue weighted by molar-refractivity contribution is 7.84. The van der Waals surface area contributed by atoms with E-state index in [2.05, 4.69) is 4.98 Å². The summed E-state index contributed by atoms with van der Waals surface area (Å²) < 4.78 is 12.3. The van der Waals surface area contributed by atoms with Gasteiger partial charge in [-0.2, -0.15) is 0 Å². The van der Waals surface area contributed by atoms with Crippen LogP contribution in [0.2, 0.25) is 5.02 Å². The lowest BCUT2D eigenvalue weighted by molar-refractivity contribution is 0.683. The molecule has 3 nitrogen and oxygen atoms in total. The summed E-state index contributed by atoms with van der Waals surface area (Å²) in [5, 5.41) is 0.525. The largest absolute Gasteiger partial charge is 0.398 e. The molecule has 0 aliphatic rings. The molecule has 0 radical (unpaired) electrons. The van der Waals surface area contributed by atoms with Crippen LogP contribution < -0.4 is 5.73 Å². The molecule has 1 heterocycles. The normalized spacial score (nSPS) is 12.3. The molecule has 0 saturated carbocycles. The van der Waals surface area contributed by atoms with Gasteiger partial charge in [-0.1, -0.05) is 17.7 Å². The number of anilines is 1. The first kappa shape index (κ1) is 13.1. The molecule has 0 fully saturated rings. The predicted molar refractivity (Wildman–Crippen MR) is 75.0 cm³/mol. The minimum absolute atomic E-state index is 0.342. The minimum atomic E-state index is -1.20. The van der Waals surface area contributed by atoms with Gasteiger partial charge in [-0.15, -0.1) is 0 Å². The monoisotopic (exact) mass is 280 g/mol. The number of nitrogens with two attached hydrogens (primary N) is 1. The number of hydrogen-bond acceptors (Lipinski definition) is 3. The van der Waals surface area contributed by atoms with Crippen LogP contribution in [0.25, 0.3) is 0 Å².